The highest BCUT2D eigenvalue weighted by Gasteiger charge is 2.13. The molecule has 0 amide bonds. The molecule has 0 heterocycles. The Morgan fingerprint density at radius 3 is 2.00 bits per heavy atom. The summed E-state index contributed by atoms with van der Waals surface area (Å²) in [5.74, 6) is 4.11. The lowest BCUT2D eigenvalue weighted by Crippen LogP contribution is -2.37. The van der Waals surface area contributed by atoms with E-state index in [-0.39, 0.29) is 0 Å². The van der Waals surface area contributed by atoms with Crippen molar-refractivity contribution in [3.8, 4) is 28.7 Å². The van der Waals surface area contributed by atoms with E-state index >= 15 is 0 Å². The average Bonchev–Trinajstić information content (AvgIpc) is 2.80. The van der Waals surface area contributed by atoms with Gasteiger partial charge in [0.2, 0.25) is 5.75 Å². The van der Waals surface area contributed by atoms with Crippen LogP contribution < -0.4 is 34.3 Å². The lowest BCUT2D eigenvalue weighted by molar-refractivity contribution is 0.323. The van der Waals surface area contributed by atoms with E-state index in [2.05, 4.69) is 15.6 Å². The van der Waals surface area contributed by atoms with Crippen molar-refractivity contribution in [1.82, 2.24) is 10.6 Å². The molecule has 0 saturated heterocycles. The van der Waals surface area contributed by atoms with Gasteiger partial charge in [-0.05, 0) is 47.9 Å². The van der Waals surface area contributed by atoms with Crippen molar-refractivity contribution >= 4 is 5.96 Å². The fraction of sp³-hybridized carbons (Fsp3) is 0.409. The fourth-order valence-electron chi connectivity index (χ4n) is 3.04. The Morgan fingerprint density at radius 2 is 1.47 bits per heavy atom. The molecule has 0 spiro atoms. The molecule has 2 aromatic carbocycles. The number of guanidine groups is 1. The van der Waals surface area contributed by atoms with Gasteiger partial charge in [-0.1, -0.05) is 0 Å². The Balaban J connectivity index is 1.98. The first-order valence-corrected chi connectivity index (χ1v) is 9.54. The number of benzene rings is 2. The van der Waals surface area contributed by atoms with Gasteiger partial charge < -0.3 is 34.3 Å². The number of hydrogen-bond acceptors (Lipinski definition) is 6. The number of ether oxygens (including phenoxy) is 5. The van der Waals surface area contributed by atoms with E-state index in [9.17, 15) is 0 Å². The van der Waals surface area contributed by atoms with Gasteiger partial charge in [-0.25, -0.2) is 0 Å². The normalized spacial score (nSPS) is 10.9. The van der Waals surface area contributed by atoms with Crippen LogP contribution in [0.5, 0.6) is 28.7 Å². The third-order valence-electron chi connectivity index (χ3n) is 4.58. The molecule has 0 aliphatic carbocycles. The first kappa shape index (κ1) is 23.0. The van der Waals surface area contributed by atoms with Crippen LogP contribution in [0.1, 0.15) is 11.1 Å². The molecule has 2 aromatic rings. The van der Waals surface area contributed by atoms with Crippen LogP contribution in [0.2, 0.25) is 0 Å². The predicted octanol–water partition coefficient (Wildman–Crippen LogP) is 2.64. The van der Waals surface area contributed by atoms with Gasteiger partial charge in [0.25, 0.3) is 0 Å². The summed E-state index contributed by atoms with van der Waals surface area (Å²) in [5.41, 5.74) is 2.03. The minimum atomic E-state index is 0.541. The molecular formula is C22H31N3O5. The first-order valence-electron chi connectivity index (χ1n) is 9.54. The van der Waals surface area contributed by atoms with Gasteiger partial charge in [-0.3, -0.25) is 4.99 Å². The SMILES string of the molecule is CN=C(NCCc1cc(OC)ccc1OC)NCc1cc(OC)c(OC)c(OC)c1. The number of rotatable bonds is 10. The van der Waals surface area contributed by atoms with Crippen LogP contribution in [-0.4, -0.2) is 55.1 Å². The monoisotopic (exact) mass is 417 g/mol. The third-order valence-corrected chi connectivity index (χ3v) is 4.58. The molecule has 0 radical (unpaired) electrons. The summed E-state index contributed by atoms with van der Waals surface area (Å²) >= 11 is 0. The van der Waals surface area contributed by atoms with Crippen molar-refractivity contribution in [3.63, 3.8) is 0 Å². The summed E-state index contributed by atoms with van der Waals surface area (Å²) in [5, 5.41) is 6.61. The summed E-state index contributed by atoms with van der Waals surface area (Å²) in [6.45, 7) is 1.22. The summed E-state index contributed by atoms with van der Waals surface area (Å²) in [6, 6.07) is 9.58. The van der Waals surface area contributed by atoms with Crippen LogP contribution in [0.4, 0.5) is 0 Å². The Bertz CT molecular complexity index is 830. The smallest absolute Gasteiger partial charge is 0.203 e. The molecule has 164 valence electrons. The van der Waals surface area contributed by atoms with Gasteiger partial charge in [0.05, 0.1) is 35.5 Å². The topological polar surface area (TPSA) is 82.6 Å². The lowest BCUT2D eigenvalue weighted by atomic mass is 10.1. The van der Waals surface area contributed by atoms with E-state index in [1.54, 1.807) is 42.6 Å². The molecule has 8 heteroatoms. The second-order valence-electron chi connectivity index (χ2n) is 6.31. The molecule has 2 rings (SSSR count). The molecule has 0 fully saturated rings. The van der Waals surface area contributed by atoms with Crippen LogP contribution in [0.3, 0.4) is 0 Å². The van der Waals surface area contributed by atoms with Crippen LogP contribution in [0.25, 0.3) is 0 Å². The van der Waals surface area contributed by atoms with E-state index in [0.717, 1.165) is 29.0 Å². The summed E-state index contributed by atoms with van der Waals surface area (Å²) in [6.07, 6.45) is 0.755. The van der Waals surface area contributed by atoms with Gasteiger partial charge in [0, 0.05) is 20.1 Å². The van der Waals surface area contributed by atoms with E-state index in [1.807, 2.05) is 30.3 Å². The Morgan fingerprint density at radius 1 is 0.800 bits per heavy atom. The van der Waals surface area contributed by atoms with E-state index in [0.29, 0.717) is 36.3 Å². The van der Waals surface area contributed by atoms with E-state index < -0.39 is 0 Å². The Hall–Kier alpha value is -3.29. The summed E-state index contributed by atoms with van der Waals surface area (Å²) in [7, 11) is 9.83. The maximum absolute atomic E-state index is 5.43. The van der Waals surface area contributed by atoms with Gasteiger partial charge in [0.15, 0.2) is 17.5 Å². The Kier molecular flexibility index (Phi) is 8.93. The van der Waals surface area contributed by atoms with Crippen LogP contribution >= 0.6 is 0 Å². The van der Waals surface area contributed by atoms with Crippen LogP contribution in [0, 0.1) is 0 Å². The molecule has 0 aliphatic rings. The molecule has 2 N–H and O–H groups in total. The number of hydrogen-bond donors (Lipinski definition) is 2. The molecule has 0 aromatic heterocycles. The second kappa shape index (κ2) is 11.6. The highest BCUT2D eigenvalue weighted by molar-refractivity contribution is 5.79. The first-order chi connectivity index (χ1) is 14.6. The van der Waals surface area contributed by atoms with Crippen molar-refractivity contribution in [2.24, 2.45) is 4.99 Å². The molecule has 0 bridgehead atoms. The maximum Gasteiger partial charge on any atom is 0.203 e. The summed E-state index contributed by atoms with van der Waals surface area (Å²) < 4.78 is 26.9. The largest absolute Gasteiger partial charge is 0.497 e. The molecule has 0 unspecified atom stereocenters. The highest BCUT2D eigenvalue weighted by Crippen LogP contribution is 2.38. The molecule has 0 saturated carbocycles. The lowest BCUT2D eigenvalue weighted by Gasteiger charge is -2.16. The van der Waals surface area contributed by atoms with Crippen LogP contribution in [-0.2, 0) is 13.0 Å². The third kappa shape index (κ3) is 5.85. The van der Waals surface area contributed by atoms with Crippen molar-refractivity contribution in [1.29, 1.82) is 0 Å². The van der Waals surface area contributed by atoms with Gasteiger partial charge in [-0.2, -0.15) is 0 Å². The van der Waals surface area contributed by atoms with E-state index in [1.165, 1.54) is 0 Å². The molecule has 0 aliphatic heterocycles. The number of nitrogens with zero attached hydrogens (tertiary/aromatic N) is 1. The van der Waals surface area contributed by atoms with Crippen molar-refractivity contribution < 1.29 is 23.7 Å². The second-order valence-corrected chi connectivity index (χ2v) is 6.31. The van der Waals surface area contributed by atoms with Crippen molar-refractivity contribution in [2.75, 3.05) is 49.1 Å². The van der Waals surface area contributed by atoms with Crippen molar-refractivity contribution in [2.45, 2.75) is 13.0 Å². The number of methoxy groups -OCH3 is 5. The summed E-state index contributed by atoms with van der Waals surface area (Å²) in [4.78, 5) is 4.28. The van der Waals surface area contributed by atoms with Gasteiger partial charge in [-0.15, -0.1) is 0 Å². The maximum atomic E-state index is 5.43. The predicted molar refractivity (Wildman–Crippen MR) is 118 cm³/mol. The minimum absolute atomic E-state index is 0.541. The van der Waals surface area contributed by atoms with Crippen LogP contribution in [0.15, 0.2) is 35.3 Å². The number of nitrogens with one attached hydrogen (secondary N) is 2. The molecule has 0 atom stereocenters. The fourth-order valence-corrected chi connectivity index (χ4v) is 3.04. The quantitative estimate of drug-likeness (QED) is 0.454. The minimum Gasteiger partial charge on any atom is -0.497 e. The number of aliphatic imine (C=N–C) groups is 1. The highest BCUT2D eigenvalue weighted by atomic mass is 16.5. The standard InChI is InChI=1S/C22H31N3O5/c1-23-22(24-10-9-16-13-17(26-2)7-8-18(16)27-3)25-14-15-11-19(28-4)21(30-6)20(12-15)29-5/h7-8,11-13H,9-10,14H2,1-6H3,(H2,23,24,25). The average molecular weight is 418 g/mol. The Labute approximate surface area is 178 Å². The van der Waals surface area contributed by atoms with Gasteiger partial charge >= 0.3 is 0 Å². The molecule has 30 heavy (non-hydrogen) atoms. The van der Waals surface area contributed by atoms with E-state index in [4.69, 9.17) is 23.7 Å². The van der Waals surface area contributed by atoms with Crippen molar-refractivity contribution in [3.05, 3.63) is 41.5 Å². The zero-order valence-corrected chi connectivity index (χ0v) is 18.5. The zero-order chi connectivity index (χ0) is 21.9. The molecular weight excluding hydrogens is 386 g/mol. The van der Waals surface area contributed by atoms with Gasteiger partial charge in [0.1, 0.15) is 11.5 Å². The zero-order valence-electron chi connectivity index (χ0n) is 18.5. The molecule has 8 nitrogen and oxygen atoms in total.